The quantitative estimate of drug-likeness (QED) is 0.540. The zero-order valence-corrected chi connectivity index (χ0v) is 24.0. The van der Waals surface area contributed by atoms with Gasteiger partial charge in [-0.3, -0.25) is 14.7 Å². The molecular formula is C30H49N7O2. The number of hydrogen-bond acceptors (Lipinski definition) is 8. The highest BCUT2D eigenvalue weighted by molar-refractivity contribution is 5.82. The summed E-state index contributed by atoms with van der Waals surface area (Å²) in [4.78, 5) is 29.3. The van der Waals surface area contributed by atoms with Crippen LogP contribution in [-0.2, 0) is 21.4 Å². The van der Waals surface area contributed by atoms with Crippen LogP contribution in [0.4, 0.5) is 11.5 Å². The normalized spacial score (nSPS) is 23.6. The van der Waals surface area contributed by atoms with Gasteiger partial charge in [-0.1, -0.05) is 27.7 Å². The van der Waals surface area contributed by atoms with Gasteiger partial charge in [0, 0.05) is 81.8 Å². The van der Waals surface area contributed by atoms with Crippen LogP contribution < -0.4 is 10.6 Å². The second-order valence-corrected chi connectivity index (χ2v) is 12.4. The molecule has 9 heteroatoms. The van der Waals surface area contributed by atoms with Gasteiger partial charge in [0.1, 0.15) is 12.1 Å². The number of carbonyl (C=O) groups is 1. The highest BCUT2D eigenvalue weighted by atomic mass is 16.5. The molecule has 0 radical (unpaired) electrons. The summed E-state index contributed by atoms with van der Waals surface area (Å²) in [6.45, 7) is 14.2. The first-order chi connectivity index (χ1) is 18.8. The summed E-state index contributed by atoms with van der Waals surface area (Å²) in [5, 5.41) is 7.01. The summed E-state index contributed by atoms with van der Waals surface area (Å²) in [5.74, 6) is 1.66. The number of carbonyl (C=O) groups excluding carboxylic acids is 1. The van der Waals surface area contributed by atoms with E-state index in [0.717, 1.165) is 87.6 Å². The number of pyridine rings is 1. The van der Waals surface area contributed by atoms with Gasteiger partial charge in [0.2, 0.25) is 5.91 Å². The number of morpholine rings is 1. The van der Waals surface area contributed by atoms with E-state index >= 15 is 0 Å². The molecule has 39 heavy (non-hydrogen) atoms. The number of hydrogen-bond donors (Lipinski definition) is 2. The topological polar surface area (TPSA) is 95.5 Å². The molecule has 4 fully saturated rings. The van der Waals surface area contributed by atoms with Crippen LogP contribution in [0.3, 0.4) is 0 Å². The number of amides is 1. The Kier molecular flexibility index (Phi) is 8.67. The highest BCUT2D eigenvalue weighted by Crippen LogP contribution is 2.33. The second-order valence-electron chi connectivity index (χ2n) is 12.4. The van der Waals surface area contributed by atoms with Gasteiger partial charge >= 0.3 is 0 Å². The molecule has 216 valence electrons. The molecule has 1 amide bonds. The molecule has 2 aromatic rings. The van der Waals surface area contributed by atoms with Crippen molar-refractivity contribution < 1.29 is 12.4 Å². The van der Waals surface area contributed by atoms with Gasteiger partial charge in [-0.2, -0.15) is 0 Å². The first kappa shape index (κ1) is 27.8. The SMILES string of the molecule is CC(C)(C)c1cc(NC2CN(C(=O)C3CC3)C2)ccn1.CCc1cc(NC2CC(N3CCOCC3)C2)ncn1.[HH].[HH]. The lowest BCUT2D eigenvalue weighted by Crippen LogP contribution is -2.57. The van der Waals surface area contributed by atoms with Crippen molar-refractivity contribution in [3.05, 3.63) is 42.1 Å². The highest BCUT2D eigenvalue weighted by Gasteiger charge is 2.39. The molecule has 2 N–H and O–H groups in total. The van der Waals surface area contributed by atoms with Crippen LogP contribution in [0.25, 0.3) is 0 Å². The van der Waals surface area contributed by atoms with Gasteiger partial charge in [0.15, 0.2) is 0 Å². The fourth-order valence-corrected chi connectivity index (χ4v) is 5.33. The van der Waals surface area contributed by atoms with E-state index in [1.165, 1.54) is 12.8 Å². The van der Waals surface area contributed by atoms with E-state index in [4.69, 9.17) is 4.74 Å². The minimum atomic E-state index is 0. The number of likely N-dealkylation sites (tertiary alicyclic amines) is 1. The number of nitrogens with zero attached hydrogens (tertiary/aromatic N) is 5. The Hall–Kier alpha value is -2.78. The number of anilines is 2. The molecule has 2 aliphatic carbocycles. The molecule has 2 aromatic heterocycles. The van der Waals surface area contributed by atoms with E-state index in [2.05, 4.69) is 70.3 Å². The Balaban J connectivity index is 0.000000215. The maximum Gasteiger partial charge on any atom is 0.225 e. The first-order valence-electron chi connectivity index (χ1n) is 14.7. The van der Waals surface area contributed by atoms with Crippen molar-refractivity contribution in [2.75, 3.05) is 50.0 Å². The molecule has 2 aliphatic heterocycles. The second kappa shape index (κ2) is 12.2. The standard InChI is InChI=1S/C16H23N3O.C14H22N4O.2H2/c1-16(2,3)14-8-12(6-7-17-14)18-13-9-19(10-13)15(20)11-4-5-11;1-2-11-9-14(16-10-15-11)17-12-7-13(8-12)18-3-5-19-6-4-18;;/h6-8,11,13H,4-5,9-10H2,1-3H3,(H,17,18);9-10,12-13H,2-8H2,1H3,(H,15,16,17);2*1H. The molecule has 0 aromatic carbocycles. The van der Waals surface area contributed by atoms with Gasteiger partial charge in [0.05, 0.1) is 19.3 Å². The molecule has 4 aliphatic rings. The van der Waals surface area contributed by atoms with Crippen LogP contribution >= 0.6 is 0 Å². The van der Waals surface area contributed by atoms with Crippen LogP contribution in [0.15, 0.2) is 30.7 Å². The minimum absolute atomic E-state index is 0. The number of rotatable bonds is 7. The van der Waals surface area contributed by atoms with Crippen LogP contribution in [-0.4, -0.2) is 88.2 Å². The summed E-state index contributed by atoms with van der Waals surface area (Å²) in [6, 6.07) is 7.85. The molecule has 4 heterocycles. The lowest BCUT2D eigenvalue weighted by Gasteiger charge is -2.44. The fraction of sp³-hybridized carbons (Fsp3) is 0.667. The number of nitrogens with one attached hydrogen (secondary N) is 2. The lowest BCUT2D eigenvalue weighted by molar-refractivity contribution is -0.136. The molecule has 2 saturated carbocycles. The van der Waals surface area contributed by atoms with Gasteiger partial charge in [-0.25, -0.2) is 9.97 Å². The summed E-state index contributed by atoms with van der Waals surface area (Å²) in [5.41, 5.74) is 3.35. The Bertz CT molecular complexity index is 1110. The van der Waals surface area contributed by atoms with Gasteiger partial charge in [-0.05, 0) is 44.2 Å². The van der Waals surface area contributed by atoms with Gasteiger partial charge < -0.3 is 20.3 Å². The van der Waals surface area contributed by atoms with Crippen LogP contribution in [0.1, 0.15) is 67.6 Å². The van der Waals surface area contributed by atoms with Crippen molar-refractivity contribution in [2.24, 2.45) is 5.92 Å². The van der Waals surface area contributed by atoms with E-state index in [0.29, 0.717) is 23.9 Å². The molecule has 0 atom stereocenters. The van der Waals surface area contributed by atoms with E-state index in [1.54, 1.807) is 6.33 Å². The van der Waals surface area contributed by atoms with Gasteiger partial charge in [-0.15, -0.1) is 0 Å². The van der Waals surface area contributed by atoms with Crippen molar-refractivity contribution in [2.45, 2.75) is 83.3 Å². The largest absolute Gasteiger partial charge is 0.379 e. The summed E-state index contributed by atoms with van der Waals surface area (Å²) >= 11 is 0. The molecule has 0 bridgehead atoms. The van der Waals surface area contributed by atoms with E-state index in [1.807, 2.05) is 17.2 Å². The van der Waals surface area contributed by atoms with Crippen molar-refractivity contribution in [3.63, 3.8) is 0 Å². The van der Waals surface area contributed by atoms with Crippen molar-refractivity contribution in [3.8, 4) is 0 Å². The Morgan fingerprint density at radius 1 is 1.05 bits per heavy atom. The average Bonchev–Trinajstić information content (AvgIpc) is 3.74. The predicted octanol–water partition coefficient (Wildman–Crippen LogP) is 4.22. The predicted molar refractivity (Wildman–Crippen MR) is 158 cm³/mol. The third-order valence-corrected chi connectivity index (χ3v) is 8.13. The molecular weight excluding hydrogens is 490 g/mol. The molecule has 9 nitrogen and oxygen atoms in total. The summed E-state index contributed by atoms with van der Waals surface area (Å²) in [6.07, 6.45) is 9.07. The maximum absolute atomic E-state index is 11.9. The van der Waals surface area contributed by atoms with Crippen molar-refractivity contribution >= 4 is 17.4 Å². The summed E-state index contributed by atoms with van der Waals surface area (Å²) in [7, 11) is 0. The van der Waals surface area contributed by atoms with Crippen LogP contribution in [0, 0.1) is 5.92 Å². The van der Waals surface area contributed by atoms with Crippen molar-refractivity contribution in [1.29, 1.82) is 0 Å². The zero-order chi connectivity index (χ0) is 27.4. The molecule has 0 unspecified atom stereocenters. The lowest BCUT2D eigenvalue weighted by atomic mass is 9.85. The number of ether oxygens (including phenoxy) is 1. The Morgan fingerprint density at radius 3 is 2.46 bits per heavy atom. The number of aryl methyl sites for hydroxylation is 1. The van der Waals surface area contributed by atoms with Crippen LogP contribution in [0.5, 0.6) is 0 Å². The third-order valence-electron chi connectivity index (χ3n) is 8.13. The van der Waals surface area contributed by atoms with E-state index in [9.17, 15) is 4.79 Å². The first-order valence-corrected chi connectivity index (χ1v) is 14.7. The minimum Gasteiger partial charge on any atom is -0.379 e. The molecule has 6 rings (SSSR count). The number of aromatic nitrogens is 3. The van der Waals surface area contributed by atoms with E-state index in [-0.39, 0.29) is 8.27 Å². The van der Waals surface area contributed by atoms with Crippen molar-refractivity contribution in [1.82, 2.24) is 24.8 Å². The monoisotopic (exact) mass is 539 g/mol. The van der Waals surface area contributed by atoms with Crippen LogP contribution in [0.2, 0.25) is 0 Å². The average molecular weight is 540 g/mol. The van der Waals surface area contributed by atoms with E-state index < -0.39 is 0 Å². The smallest absolute Gasteiger partial charge is 0.225 e. The zero-order valence-electron chi connectivity index (χ0n) is 24.0. The van der Waals surface area contributed by atoms with Gasteiger partial charge in [0.25, 0.3) is 0 Å². The third kappa shape index (κ3) is 7.45. The maximum atomic E-state index is 11.9. The molecule has 0 spiro atoms. The Labute approximate surface area is 236 Å². The Morgan fingerprint density at radius 2 is 1.79 bits per heavy atom. The molecule has 2 saturated heterocycles. The summed E-state index contributed by atoms with van der Waals surface area (Å²) < 4.78 is 5.39. The fourth-order valence-electron chi connectivity index (χ4n) is 5.33.